The number of tetrazole rings is 1. The summed E-state index contributed by atoms with van der Waals surface area (Å²) in [4.78, 5) is -0.0381. The van der Waals surface area contributed by atoms with Gasteiger partial charge in [0.2, 0.25) is 10.0 Å². The predicted molar refractivity (Wildman–Crippen MR) is 57.1 cm³/mol. The summed E-state index contributed by atoms with van der Waals surface area (Å²) >= 11 is 0. The first-order valence-electron chi connectivity index (χ1n) is 4.46. The van der Waals surface area contributed by atoms with E-state index in [2.05, 4.69) is 15.5 Å². The highest BCUT2D eigenvalue weighted by Gasteiger charge is 2.13. The van der Waals surface area contributed by atoms with Gasteiger partial charge >= 0.3 is 0 Å². The molecule has 1 aromatic carbocycles. The Morgan fingerprint density at radius 3 is 2.71 bits per heavy atom. The molecule has 0 aliphatic carbocycles. The van der Waals surface area contributed by atoms with Crippen LogP contribution in [0.15, 0.2) is 29.4 Å². The van der Waals surface area contributed by atoms with Gasteiger partial charge in [0, 0.05) is 0 Å². The molecule has 1 heterocycles. The Balaban J connectivity index is 2.63. The SMILES string of the molecule is COc1ccc(S(N)(=O)=O)cc1-n1cnnn1. The van der Waals surface area contributed by atoms with E-state index in [0.29, 0.717) is 11.4 Å². The number of hydrogen-bond acceptors (Lipinski definition) is 6. The first-order chi connectivity index (χ1) is 8.02. The lowest BCUT2D eigenvalue weighted by Gasteiger charge is -2.08. The van der Waals surface area contributed by atoms with Crippen molar-refractivity contribution in [2.24, 2.45) is 5.14 Å². The zero-order valence-corrected chi connectivity index (χ0v) is 9.63. The van der Waals surface area contributed by atoms with Crippen LogP contribution in [-0.2, 0) is 10.0 Å². The van der Waals surface area contributed by atoms with Crippen molar-refractivity contribution in [3.05, 3.63) is 24.5 Å². The summed E-state index contributed by atoms with van der Waals surface area (Å²) in [5.41, 5.74) is 0.393. The van der Waals surface area contributed by atoms with Crippen LogP contribution in [0.4, 0.5) is 0 Å². The molecule has 0 amide bonds. The Hall–Kier alpha value is -2.00. The molecule has 1 aromatic heterocycles. The van der Waals surface area contributed by atoms with E-state index >= 15 is 0 Å². The second-order valence-corrected chi connectivity index (χ2v) is 4.69. The minimum atomic E-state index is -3.78. The Morgan fingerprint density at radius 1 is 1.41 bits per heavy atom. The number of nitrogens with zero attached hydrogens (tertiary/aromatic N) is 4. The van der Waals surface area contributed by atoms with Crippen molar-refractivity contribution in [1.82, 2.24) is 20.2 Å². The van der Waals surface area contributed by atoms with Crippen LogP contribution < -0.4 is 9.88 Å². The zero-order chi connectivity index (χ0) is 12.5. The van der Waals surface area contributed by atoms with Crippen LogP contribution in [0.2, 0.25) is 0 Å². The molecule has 0 fully saturated rings. The molecular weight excluding hydrogens is 246 g/mol. The molecule has 0 aliphatic rings. The van der Waals surface area contributed by atoms with E-state index in [9.17, 15) is 8.42 Å². The minimum Gasteiger partial charge on any atom is -0.494 e. The molecule has 0 saturated carbocycles. The largest absolute Gasteiger partial charge is 0.494 e. The van der Waals surface area contributed by atoms with Gasteiger partial charge in [-0.3, -0.25) is 0 Å². The molecule has 90 valence electrons. The lowest BCUT2D eigenvalue weighted by Crippen LogP contribution is -2.13. The molecular formula is C8H9N5O3S. The number of benzene rings is 1. The van der Waals surface area contributed by atoms with Gasteiger partial charge in [-0.1, -0.05) is 0 Å². The average molecular weight is 255 g/mol. The van der Waals surface area contributed by atoms with Crippen molar-refractivity contribution >= 4 is 10.0 Å². The second-order valence-electron chi connectivity index (χ2n) is 3.13. The average Bonchev–Trinajstić information content (AvgIpc) is 2.80. The minimum absolute atomic E-state index is 0.0381. The van der Waals surface area contributed by atoms with E-state index in [1.807, 2.05) is 0 Å². The fourth-order valence-electron chi connectivity index (χ4n) is 1.30. The van der Waals surface area contributed by atoms with Gasteiger partial charge in [0.1, 0.15) is 17.8 Å². The molecule has 0 atom stereocenters. The number of rotatable bonds is 3. The van der Waals surface area contributed by atoms with Crippen LogP contribution in [0.25, 0.3) is 5.69 Å². The van der Waals surface area contributed by atoms with E-state index in [1.54, 1.807) is 0 Å². The summed E-state index contributed by atoms with van der Waals surface area (Å²) in [5.74, 6) is 0.435. The van der Waals surface area contributed by atoms with Gasteiger partial charge in [-0.05, 0) is 28.6 Å². The van der Waals surface area contributed by atoms with Gasteiger partial charge in [0.05, 0.1) is 12.0 Å². The van der Waals surface area contributed by atoms with E-state index in [1.165, 1.54) is 36.3 Å². The maximum absolute atomic E-state index is 11.2. The lowest BCUT2D eigenvalue weighted by atomic mass is 10.3. The van der Waals surface area contributed by atoms with Gasteiger partial charge in [-0.15, -0.1) is 5.10 Å². The molecule has 2 N–H and O–H groups in total. The fraction of sp³-hybridized carbons (Fsp3) is 0.125. The Labute approximate surface area is 97.1 Å². The highest BCUT2D eigenvalue weighted by Crippen LogP contribution is 2.24. The van der Waals surface area contributed by atoms with Crippen LogP contribution in [0.3, 0.4) is 0 Å². The van der Waals surface area contributed by atoms with Gasteiger partial charge < -0.3 is 4.74 Å². The fourth-order valence-corrected chi connectivity index (χ4v) is 1.83. The van der Waals surface area contributed by atoms with E-state index < -0.39 is 10.0 Å². The third-order valence-corrected chi connectivity index (χ3v) is 2.99. The highest BCUT2D eigenvalue weighted by molar-refractivity contribution is 7.89. The quantitative estimate of drug-likeness (QED) is 0.777. The third kappa shape index (κ3) is 2.24. The predicted octanol–water partition coefficient (Wildman–Crippen LogP) is -0.682. The topological polar surface area (TPSA) is 113 Å². The standard InChI is InChI=1S/C8H9N5O3S/c1-16-8-3-2-6(17(9,14)15)4-7(8)13-5-10-11-12-13/h2-5H,1H3,(H2,9,14,15). The smallest absolute Gasteiger partial charge is 0.238 e. The molecule has 0 spiro atoms. The summed E-state index contributed by atoms with van der Waals surface area (Å²) in [6.45, 7) is 0. The van der Waals surface area contributed by atoms with Gasteiger partial charge in [-0.2, -0.15) is 4.68 Å². The van der Waals surface area contributed by atoms with Crippen LogP contribution in [0.5, 0.6) is 5.75 Å². The Kier molecular flexibility index (Phi) is 2.77. The number of primary sulfonamides is 1. The Bertz CT molecular complexity index is 623. The normalized spacial score (nSPS) is 11.4. The number of hydrogen-bond donors (Lipinski definition) is 1. The molecule has 17 heavy (non-hydrogen) atoms. The van der Waals surface area contributed by atoms with Crippen LogP contribution in [0.1, 0.15) is 0 Å². The molecule has 0 unspecified atom stereocenters. The van der Waals surface area contributed by atoms with Gasteiger partial charge in [0.25, 0.3) is 0 Å². The molecule has 2 rings (SSSR count). The van der Waals surface area contributed by atoms with Crippen LogP contribution >= 0.6 is 0 Å². The van der Waals surface area contributed by atoms with Crippen molar-refractivity contribution in [3.8, 4) is 11.4 Å². The summed E-state index contributed by atoms with van der Waals surface area (Å²) in [5, 5.41) is 15.6. The van der Waals surface area contributed by atoms with E-state index in [-0.39, 0.29) is 4.90 Å². The van der Waals surface area contributed by atoms with Crippen LogP contribution in [-0.4, -0.2) is 35.7 Å². The summed E-state index contributed by atoms with van der Waals surface area (Å²) in [6, 6.07) is 4.17. The number of aromatic nitrogens is 4. The number of ether oxygens (including phenoxy) is 1. The molecule has 2 aromatic rings. The number of nitrogens with two attached hydrogens (primary N) is 1. The monoisotopic (exact) mass is 255 g/mol. The van der Waals surface area contributed by atoms with Crippen molar-refractivity contribution in [3.63, 3.8) is 0 Å². The van der Waals surface area contributed by atoms with Crippen molar-refractivity contribution < 1.29 is 13.2 Å². The van der Waals surface area contributed by atoms with E-state index in [0.717, 1.165) is 0 Å². The van der Waals surface area contributed by atoms with Gasteiger partial charge in [0.15, 0.2) is 0 Å². The lowest BCUT2D eigenvalue weighted by molar-refractivity contribution is 0.411. The maximum atomic E-state index is 11.2. The first-order valence-corrected chi connectivity index (χ1v) is 6.01. The molecule has 0 aliphatic heterocycles. The highest BCUT2D eigenvalue weighted by atomic mass is 32.2. The molecule has 9 heteroatoms. The van der Waals surface area contributed by atoms with Crippen LogP contribution in [0, 0.1) is 0 Å². The number of sulfonamides is 1. The number of methoxy groups -OCH3 is 1. The van der Waals surface area contributed by atoms with Crippen molar-refractivity contribution in [2.75, 3.05) is 7.11 Å². The third-order valence-electron chi connectivity index (χ3n) is 2.07. The van der Waals surface area contributed by atoms with Gasteiger partial charge in [-0.25, -0.2) is 13.6 Å². The van der Waals surface area contributed by atoms with Crippen molar-refractivity contribution in [1.29, 1.82) is 0 Å². The summed E-state index contributed by atoms with van der Waals surface area (Å²) in [7, 11) is -2.32. The van der Waals surface area contributed by atoms with E-state index in [4.69, 9.17) is 9.88 Å². The molecule has 8 nitrogen and oxygen atoms in total. The summed E-state index contributed by atoms with van der Waals surface area (Å²) < 4.78 is 28.8. The van der Waals surface area contributed by atoms with Crippen molar-refractivity contribution in [2.45, 2.75) is 4.90 Å². The maximum Gasteiger partial charge on any atom is 0.238 e. The molecule has 0 saturated heterocycles. The summed E-state index contributed by atoms with van der Waals surface area (Å²) in [6.07, 6.45) is 1.32. The molecule has 0 bridgehead atoms. The first kappa shape index (κ1) is 11.5. The second kappa shape index (κ2) is 4.11. The zero-order valence-electron chi connectivity index (χ0n) is 8.81. The Morgan fingerprint density at radius 2 is 2.18 bits per heavy atom. The molecule has 0 radical (unpaired) electrons.